The van der Waals surface area contributed by atoms with Gasteiger partial charge in [0, 0.05) is 20.4 Å². The first-order valence-electron chi connectivity index (χ1n) is 9.24. The molecule has 156 valence electrons. The molecule has 0 unspecified atom stereocenters. The average Bonchev–Trinajstić information content (AvgIpc) is 2.95. The van der Waals surface area contributed by atoms with E-state index in [1.165, 1.54) is 12.1 Å². The number of benzene rings is 2. The molecule has 0 aliphatic rings. The van der Waals surface area contributed by atoms with Crippen LogP contribution >= 0.6 is 22.6 Å². The van der Waals surface area contributed by atoms with Crippen LogP contribution < -0.4 is 4.72 Å². The first kappa shape index (κ1) is 22.0. The Balaban J connectivity index is 1.96. The van der Waals surface area contributed by atoms with E-state index in [9.17, 15) is 13.2 Å². The number of sulfonamides is 1. The van der Waals surface area contributed by atoms with Gasteiger partial charge >= 0.3 is 5.97 Å². The van der Waals surface area contributed by atoms with Crippen LogP contribution in [-0.2, 0) is 19.6 Å². The van der Waals surface area contributed by atoms with Crippen LogP contribution in [0.3, 0.4) is 0 Å². The van der Waals surface area contributed by atoms with Crippen LogP contribution in [0.2, 0.25) is 0 Å². The highest BCUT2D eigenvalue weighted by Gasteiger charge is 2.32. The van der Waals surface area contributed by atoms with Gasteiger partial charge in [0.05, 0.1) is 4.90 Å². The lowest BCUT2D eigenvalue weighted by atomic mass is 10.1. The van der Waals surface area contributed by atoms with E-state index in [4.69, 9.17) is 9.15 Å². The van der Waals surface area contributed by atoms with Crippen LogP contribution in [0.15, 0.2) is 45.7 Å². The van der Waals surface area contributed by atoms with Gasteiger partial charge in [0.15, 0.2) is 0 Å². The number of esters is 1. The topological polar surface area (TPSA) is 85.6 Å². The summed E-state index contributed by atoms with van der Waals surface area (Å²) in [5.74, 6) is -0.882. The van der Waals surface area contributed by atoms with Gasteiger partial charge in [-0.1, -0.05) is 13.8 Å². The van der Waals surface area contributed by atoms with E-state index in [1.54, 1.807) is 40.7 Å². The molecule has 1 atom stereocenters. The fraction of sp³-hybridized carbons (Fsp3) is 0.381. The minimum absolute atomic E-state index is 0.0351. The van der Waals surface area contributed by atoms with Crippen molar-refractivity contribution in [2.45, 2.75) is 51.2 Å². The van der Waals surface area contributed by atoms with Crippen LogP contribution in [-0.4, -0.2) is 26.0 Å². The molecule has 0 spiro atoms. The Morgan fingerprint density at radius 2 is 1.76 bits per heavy atom. The number of furan rings is 1. The van der Waals surface area contributed by atoms with E-state index in [0.717, 1.165) is 14.3 Å². The van der Waals surface area contributed by atoms with Gasteiger partial charge < -0.3 is 9.15 Å². The summed E-state index contributed by atoms with van der Waals surface area (Å²) in [4.78, 5) is 12.5. The van der Waals surface area contributed by atoms with Crippen molar-refractivity contribution in [1.29, 1.82) is 0 Å². The summed E-state index contributed by atoms with van der Waals surface area (Å²) in [6, 6.07) is 9.52. The molecule has 0 bridgehead atoms. The molecule has 0 saturated carbocycles. The zero-order chi connectivity index (χ0) is 21.6. The van der Waals surface area contributed by atoms with Gasteiger partial charge in [-0.25, -0.2) is 8.42 Å². The number of nitrogens with one attached hydrogen (secondary N) is 1. The summed E-state index contributed by atoms with van der Waals surface area (Å²) < 4.78 is 40.7. The van der Waals surface area contributed by atoms with Gasteiger partial charge in [0.1, 0.15) is 22.8 Å². The molecule has 29 heavy (non-hydrogen) atoms. The van der Waals surface area contributed by atoms with Gasteiger partial charge in [-0.2, -0.15) is 4.72 Å². The maximum Gasteiger partial charge on any atom is 0.324 e. The van der Waals surface area contributed by atoms with Gasteiger partial charge in [-0.05, 0) is 79.6 Å². The van der Waals surface area contributed by atoms with Gasteiger partial charge in [-0.15, -0.1) is 0 Å². The van der Waals surface area contributed by atoms with Crippen LogP contribution in [0, 0.1) is 9.49 Å². The predicted molar refractivity (Wildman–Crippen MR) is 121 cm³/mol. The summed E-state index contributed by atoms with van der Waals surface area (Å²) in [6.07, 6.45) is 0. The highest BCUT2D eigenvalue weighted by atomic mass is 127. The molecule has 0 saturated heterocycles. The van der Waals surface area contributed by atoms with E-state index in [2.05, 4.69) is 27.3 Å². The quantitative estimate of drug-likeness (QED) is 0.378. The van der Waals surface area contributed by atoms with Crippen LogP contribution in [0.1, 0.15) is 34.6 Å². The zero-order valence-electron chi connectivity index (χ0n) is 16.9. The molecule has 0 fully saturated rings. The summed E-state index contributed by atoms with van der Waals surface area (Å²) in [5, 5.41) is 1.77. The number of carbonyl (C=O) groups excluding carboxylic acids is 1. The fourth-order valence-corrected chi connectivity index (χ4v) is 4.79. The summed E-state index contributed by atoms with van der Waals surface area (Å²) >= 11 is 2.22. The highest BCUT2D eigenvalue weighted by Crippen LogP contribution is 2.31. The third kappa shape index (κ3) is 4.92. The molecular weight excluding hydrogens is 505 g/mol. The Labute approximate surface area is 184 Å². The number of hydrogen-bond donors (Lipinski definition) is 1. The summed E-state index contributed by atoms with van der Waals surface area (Å²) in [5.41, 5.74) is 0.459. The normalized spacial score (nSPS) is 13.9. The minimum atomic E-state index is -3.95. The Hall–Kier alpha value is -1.65. The van der Waals surface area contributed by atoms with Crippen LogP contribution in [0.25, 0.3) is 21.9 Å². The maximum absolute atomic E-state index is 13.0. The van der Waals surface area contributed by atoms with Crippen molar-refractivity contribution in [3.63, 3.8) is 0 Å². The highest BCUT2D eigenvalue weighted by molar-refractivity contribution is 14.1. The van der Waals surface area contributed by atoms with E-state index in [-0.39, 0.29) is 10.8 Å². The Morgan fingerprint density at radius 1 is 1.07 bits per heavy atom. The second-order valence-electron chi connectivity index (χ2n) is 8.28. The molecule has 0 aliphatic carbocycles. The summed E-state index contributed by atoms with van der Waals surface area (Å²) in [6.45, 7) is 8.76. The van der Waals surface area contributed by atoms with Crippen molar-refractivity contribution >= 4 is 60.5 Å². The van der Waals surface area contributed by atoms with Gasteiger partial charge in [-0.3, -0.25) is 4.79 Å². The standard InChI is InChI=1S/C21H24INO5S/c1-12(2)19(20(24)28-21(3,4)5)23-29(25,26)14-7-8-15-16-10-13(22)6-9-17(16)27-18(15)11-14/h6-12,19,23H,1-5H3/t19-/m0/s1. The van der Waals surface area contributed by atoms with Crippen LogP contribution in [0.5, 0.6) is 0 Å². The SMILES string of the molecule is CC(C)[C@H](NS(=O)(=O)c1ccc2c(c1)oc1ccc(I)cc12)C(=O)OC(C)(C)C. The Bertz CT molecular complexity index is 1170. The molecular formula is C21H24INO5S. The number of ether oxygens (including phenoxy) is 1. The molecule has 8 heteroatoms. The molecule has 1 N–H and O–H groups in total. The van der Waals surface area contributed by atoms with Crippen LogP contribution in [0.4, 0.5) is 0 Å². The summed E-state index contributed by atoms with van der Waals surface area (Å²) in [7, 11) is -3.95. The molecule has 0 radical (unpaired) electrons. The van der Waals surface area contributed by atoms with Crippen molar-refractivity contribution in [2.24, 2.45) is 5.92 Å². The number of halogens is 1. The Kier molecular flexibility index (Phi) is 5.99. The molecule has 3 rings (SSSR count). The number of hydrogen-bond acceptors (Lipinski definition) is 5. The third-order valence-corrected chi connectivity index (χ3v) is 6.43. The van der Waals surface area contributed by atoms with Crippen molar-refractivity contribution in [3.8, 4) is 0 Å². The first-order chi connectivity index (χ1) is 13.4. The number of carbonyl (C=O) groups is 1. The Morgan fingerprint density at radius 3 is 2.38 bits per heavy atom. The van der Waals surface area contributed by atoms with Crippen molar-refractivity contribution in [3.05, 3.63) is 40.0 Å². The minimum Gasteiger partial charge on any atom is -0.459 e. The van der Waals surface area contributed by atoms with E-state index in [1.807, 2.05) is 18.2 Å². The smallest absolute Gasteiger partial charge is 0.324 e. The van der Waals surface area contributed by atoms with Gasteiger partial charge in [0.25, 0.3) is 0 Å². The van der Waals surface area contributed by atoms with E-state index >= 15 is 0 Å². The zero-order valence-corrected chi connectivity index (χ0v) is 19.9. The largest absolute Gasteiger partial charge is 0.459 e. The lowest BCUT2D eigenvalue weighted by Crippen LogP contribution is -2.47. The molecule has 0 aliphatic heterocycles. The maximum atomic E-state index is 13.0. The fourth-order valence-electron chi connectivity index (χ4n) is 2.95. The monoisotopic (exact) mass is 529 g/mol. The second kappa shape index (κ2) is 7.88. The lowest BCUT2D eigenvalue weighted by molar-refractivity contribution is -0.158. The first-order valence-corrected chi connectivity index (χ1v) is 11.8. The van der Waals surface area contributed by atoms with Gasteiger partial charge in [0.2, 0.25) is 10.0 Å². The van der Waals surface area contributed by atoms with Crippen molar-refractivity contribution < 1.29 is 22.4 Å². The van der Waals surface area contributed by atoms with E-state index in [0.29, 0.717) is 11.2 Å². The molecule has 1 heterocycles. The molecule has 6 nitrogen and oxygen atoms in total. The predicted octanol–water partition coefficient (Wildman–Crippen LogP) is 4.84. The van der Waals surface area contributed by atoms with Crippen molar-refractivity contribution in [2.75, 3.05) is 0 Å². The number of rotatable bonds is 5. The molecule has 0 amide bonds. The molecule has 2 aromatic carbocycles. The average molecular weight is 529 g/mol. The third-order valence-electron chi connectivity index (χ3n) is 4.32. The molecule has 3 aromatic rings. The lowest BCUT2D eigenvalue weighted by Gasteiger charge is -2.26. The van der Waals surface area contributed by atoms with Crippen molar-refractivity contribution in [1.82, 2.24) is 4.72 Å². The number of fused-ring (bicyclic) bond motifs is 3. The van der Waals surface area contributed by atoms with E-state index < -0.39 is 27.6 Å². The second-order valence-corrected chi connectivity index (χ2v) is 11.2. The molecule has 1 aromatic heterocycles.